The van der Waals surface area contributed by atoms with Gasteiger partial charge in [-0.25, -0.2) is 0 Å². The quantitative estimate of drug-likeness (QED) is 0.742. The molecule has 0 spiro atoms. The van der Waals surface area contributed by atoms with E-state index in [2.05, 4.69) is 10.6 Å². The highest BCUT2D eigenvalue weighted by molar-refractivity contribution is 5.92. The third kappa shape index (κ3) is 2.39. The van der Waals surface area contributed by atoms with Crippen molar-refractivity contribution in [1.82, 2.24) is 15.2 Å². The van der Waals surface area contributed by atoms with Gasteiger partial charge in [0.15, 0.2) is 0 Å². The summed E-state index contributed by atoms with van der Waals surface area (Å²) in [5, 5.41) is 6.32. The van der Waals surface area contributed by atoms with Gasteiger partial charge < -0.3 is 15.2 Å². The Morgan fingerprint density at radius 2 is 2.53 bits per heavy atom. The maximum atomic E-state index is 11.8. The predicted octanol–water partition coefficient (Wildman–Crippen LogP) is 0.507. The van der Waals surface area contributed by atoms with Crippen LogP contribution in [0.3, 0.4) is 0 Å². The number of nitrogens with zero attached hydrogens (tertiary/aromatic N) is 1. The van der Waals surface area contributed by atoms with Crippen LogP contribution in [0.15, 0.2) is 18.3 Å². The topological polar surface area (TPSA) is 46.1 Å². The van der Waals surface area contributed by atoms with Crippen LogP contribution < -0.4 is 10.6 Å². The normalized spacial score (nSPS) is 21.3. The van der Waals surface area contributed by atoms with Gasteiger partial charge >= 0.3 is 0 Å². The van der Waals surface area contributed by atoms with Gasteiger partial charge in [-0.1, -0.05) is 0 Å². The molecule has 1 amide bonds. The third-order valence-corrected chi connectivity index (χ3v) is 2.81. The number of aryl methyl sites for hydroxylation is 1. The molecule has 2 heterocycles. The standard InChI is InChI=1S/C11H17N3O/c1-14-7-3-5-10(14)11(15)13-9-4-2-6-12-8-9/h3,5,7,9,12H,2,4,6,8H2,1H3,(H,13,15). The average Bonchev–Trinajstić information content (AvgIpc) is 2.66. The summed E-state index contributed by atoms with van der Waals surface area (Å²) in [5.41, 5.74) is 0.723. The Bertz CT molecular complexity index is 339. The number of carbonyl (C=O) groups excluding carboxylic acids is 1. The van der Waals surface area contributed by atoms with Crippen molar-refractivity contribution in [3.63, 3.8) is 0 Å². The molecule has 15 heavy (non-hydrogen) atoms. The van der Waals surface area contributed by atoms with Gasteiger partial charge in [0.05, 0.1) is 0 Å². The lowest BCUT2D eigenvalue weighted by Gasteiger charge is -2.23. The molecule has 0 bridgehead atoms. The fourth-order valence-electron chi connectivity index (χ4n) is 1.93. The van der Waals surface area contributed by atoms with Crippen LogP contribution in [0.25, 0.3) is 0 Å². The molecule has 1 aromatic rings. The summed E-state index contributed by atoms with van der Waals surface area (Å²) in [4.78, 5) is 11.8. The molecule has 1 aliphatic rings. The third-order valence-electron chi connectivity index (χ3n) is 2.81. The van der Waals surface area contributed by atoms with Crippen molar-refractivity contribution in [2.24, 2.45) is 7.05 Å². The van der Waals surface area contributed by atoms with Crippen LogP contribution in [-0.2, 0) is 7.05 Å². The molecule has 82 valence electrons. The largest absolute Gasteiger partial charge is 0.347 e. The van der Waals surface area contributed by atoms with E-state index in [0.717, 1.165) is 31.6 Å². The van der Waals surface area contributed by atoms with Crippen molar-refractivity contribution in [3.05, 3.63) is 24.0 Å². The number of hydrogen-bond donors (Lipinski definition) is 2. The number of nitrogens with one attached hydrogen (secondary N) is 2. The Morgan fingerprint density at radius 1 is 1.67 bits per heavy atom. The SMILES string of the molecule is Cn1cccc1C(=O)NC1CCCNC1. The molecule has 4 nitrogen and oxygen atoms in total. The lowest BCUT2D eigenvalue weighted by molar-refractivity contribution is 0.0922. The van der Waals surface area contributed by atoms with E-state index in [4.69, 9.17) is 0 Å². The highest BCUT2D eigenvalue weighted by Crippen LogP contribution is 2.04. The predicted molar refractivity (Wildman–Crippen MR) is 58.8 cm³/mol. The highest BCUT2D eigenvalue weighted by atomic mass is 16.2. The van der Waals surface area contributed by atoms with Crippen molar-refractivity contribution in [2.45, 2.75) is 18.9 Å². The number of carbonyl (C=O) groups is 1. The smallest absolute Gasteiger partial charge is 0.268 e. The molecule has 1 fully saturated rings. The van der Waals surface area contributed by atoms with Gasteiger partial charge in [-0.05, 0) is 31.5 Å². The van der Waals surface area contributed by atoms with E-state index < -0.39 is 0 Å². The molecule has 0 radical (unpaired) electrons. The molecule has 4 heteroatoms. The Labute approximate surface area is 89.7 Å². The minimum atomic E-state index is 0.0243. The van der Waals surface area contributed by atoms with E-state index >= 15 is 0 Å². The van der Waals surface area contributed by atoms with Crippen LogP contribution in [-0.4, -0.2) is 29.6 Å². The summed E-state index contributed by atoms with van der Waals surface area (Å²) >= 11 is 0. The van der Waals surface area contributed by atoms with Crippen LogP contribution in [0.2, 0.25) is 0 Å². The number of amides is 1. The van der Waals surface area contributed by atoms with E-state index in [9.17, 15) is 4.79 Å². The zero-order valence-corrected chi connectivity index (χ0v) is 8.99. The van der Waals surface area contributed by atoms with Gasteiger partial charge in [0.2, 0.25) is 0 Å². The maximum absolute atomic E-state index is 11.8. The van der Waals surface area contributed by atoms with Crippen LogP contribution in [0.5, 0.6) is 0 Å². The van der Waals surface area contributed by atoms with Gasteiger partial charge in [-0.2, -0.15) is 0 Å². The number of hydrogen-bond acceptors (Lipinski definition) is 2. The second kappa shape index (κ2) is 4.49. The minimum absolute atomic E-state index is 0.0243. The van der Waals surface area contributed by atoms with Crippen molar-refractivity contribution in [3.8, 4) is 0 Å². The number of rotatable bonds is 2. The first-order valence-corrected chi connectivity index (χ1v) is 5.40. The Hall–Kier alpha value is -1.29. The Morgan fingerprint density at radius 3 is 3.13 bits per heavy atom. The minimum Gasteiger partial charge on any atom is -0.347 e. The molecule has 1 aromatic heterocycles. The first kappa shape index (κ1) is 10.2. The van der Waals surface area contributed by atoms with E-state index in [0.29, 0.717) is 0 Å². The fraction of sp³-hybridized carbons (Fsp3) is 0.545. The molecule has 2 N–H and O–H groups in total. The van der Waals surface area contributed by atoms with Gasteiger partial charge in [0, 0.05) is 25.8 Å². The summed E-state index contributed by atoms with van der Waals surface area (Å²) in [5.74, 6) is 0.0243. The van der Waals surface area contributed by atoms with Crippen molar-refractivity contribution in [1.29, 1.82) is 0 Å². The van der Waals surface area contributed by atoms with Crippen LogP contribution in [0.1, 0.15) is 23.3 Å². The van der Waals surface area contributed by atoms with Crippen molar-refractivity contribution < 1.29 is 4.79 Å². The number of piperidine rings is 1. The van der Waals surface area contributed by atoms with E-state index in [-0.39, 0.29) is 11.9 Å². The van der Waals surface area contributed by atoms with E-state index in [1.54, 1.807) is 0 Å². The molecule has 1 saturated heterocycles. The summed E-state index contributed by atoms with van der Waals surface area (Å²) in [6.45, 7) is 1.95. The molecule has 0 saturated carbocycles. The van der Waals surface area contributed by atoms with Gasteiger partial charge in [0.1, 0.15) is 5.69 Å². The summed E-state index contributed by atoms with van der Waals surface area (Å²) in [6, 6.07) is 4.00. The summed E-state index contributed by atoms with van der Waals surface area (Å²) in [7, 11) is 1.88. The van der Waals surface area contributed by atoms with Crippen molar-refractivity contribution >= 4 is 5.91 Å². The average molecular weight is 207 g/mol. The summed E-state index contributed by atoms with van der Waals surface area (Å²) < 4.78 is 1.84. The number of aromatic nitrogens is 1. The highest BCUT2D eigenvalue weighted by Gasteiger charge is 2.17. The zero-order valence-electron chi connectivity index (χ0n) is 8.99. The lowest BCUT2D eigenvalue weighted by Crippen LogP contribution is -2.45. The molecule has 1 unspecified atom stereocenters. The van der Waals surface area contributed by atoms with E-state index in [1.807, 2.05) is 29.9 Å². The van der Waals surface area contributed by atoms with Gasteiger partial charge in [-0.15, -0.1) is 0 Å². The second-order valence-electron chi connectivity index (χ2n) is 4.02. The monoisotopic (exact) mass is 207 g/mol. The van der Waals surface area contributed by atoms with Gasteiger partial charge in [0.25, 0.3) is 5.91 Å². The van der Waals surface area contributed by atoms with E-state index in [1.165, 1.54) is 0 Å². The fourth-order valence-corrected chi connectivity index (χ4v) is 1.93. The molecular formula is C11H17N3O. The Balaban J connectivity index is 1.94. The lowest BCUT2D eigenvalue weighted by atomic mass is 10.1. The summed E-state index contributed by atoms with van der Waals surface area (Å²) in [6.07, 6.45) is 4.09. The first-order chi connectivity index (χ1) is 7.27. The van der Waals surface area contributed by atoms with Crippen LogP contribution >= 0.6 is 0 Å². The molecule has 0 aromatic carbocycles. The zero-order chi connectivity index (χ0) is 10.7. The molecule has 1 atom stereocenters. The van der Waals surface area contributed by atoms with Crippen molar-refractivity contribution in [2.75, 3.05) is 13.1 Å². The second-order valence-corrected chi connectivity index (χ2v) is 4.02. The first-order valence-electron chi connectivity index (χ1n) is 5.40. The molecule has 2 rings (SSSR count). The molecular weight excluding hydrogens is 190 g/mol. The van der Waals surface area contributed by atoms with Crippen LogP contribution in [0, 0.1) is 0 Å². The maximum Gasteiger partial charge on any atom is 0.268 e. The Kier molecular flexibility index (Phi) is 3.06. The van der Waals surface area contributed by atoms with Gasteiger partial charge in [-0.3, -0.25) is 4.79 Å². The molecule has 1 aliphatic heterocycles. The van der Waals surface area contributed by atoms with Crippen LogP contribution in [0.4, 0.5) is 0 Å². The molecule has 0 aliphatic carbocycles.